The maximum Gasteiger partial charge on any atom is 0.257 e. The van der Waals surface area contributed by atoms with Gasteiger partial charge in [-0.1, -0.05) is 29.5 Å². The molecule has 1 N–H and O–H groups in total. The number of benzene rings is 2. The number of rotatable bonds is 2. The van der Waals surface area contributed by atoms with Gasteiger partial charge in [0.05, 0.1) is 10.2 Å². The number of anilines is 1. The third-order valence-corrected chi connectivity index (χ3v) is 3.56. The smallest absolute Gasteiger partial charge is 0.257 e. The molecule has 1 heterocycles. The van der Waals surface area contributed by atoms with Crippen molar-refractivity contribution in [3.05, 3.63) is 59.9 Å². The van der Waals surface area contributed by atoms with Gasteiger partial charge in [-0.2, -0.15) is 0 Å². The Balaban J connectivity index is 1.87. The monoisotopic (exact) mass is 272 g/mol. The number of fused-ring (bicyclic) bond motifs is 1. The Hall–Kier alpha value is -2.27. The minimum absolute atomic E-state index is 0.222. The van der Waals surface area contributed by atoms with Crippen molar-refractivity contribution in [1.82, 2.24) is 4.98 Å². The zero-order valence-electron chi connectivity index (χ0n) is 9.76. The lowest BCUT2D eigenvalue weighted by Gasteiger charge is -2.00. The molecule has 0 radical (unpaired) electrons. The van der Waals surface area contributed by atoms with Crippen molar-refractivity contribution < 1.29 is 9.18 Å². The van der Waals surface area contributed by atoms with Crippen LogP contribution in [0.4, 0.5) is 9.52 Å². The molecule has 3 aromatic rings. The zero-order chi connectivity index (χ0) is 13.2. The minimum atomic E-state index is -0.335. The number of amides is 1. The third kappa shape index (κ3) is 2.46. The Kier molecular flexibility index (Phi) is 2.97. The molecule has 0 spiro atoms. The first-order chi connectivity index (χ1) is 9.22. The Bertz CT molecular complexity index is 740. The van der Waals surface area contributed by atoms with Crippen LogP contribution in [0.1, 0.15) is 10.4 Å². The van der Waals surface area contributed by atoms with E-state index in [1.807, 2.05) is 6.07 Å². The van der Waals surface area contributed by atoms with Crippen molar-refractivity contribution in [3.8, 4) is 0 Å². The van der Waals surface area contributed by atoms with Crippen molar-refractivity contribution in [3.63, 3.8) is 0 Å². The van der Waals surface area contributed by atoms with E-state index in [1.54, 1.807) is 30.3 Å². The lowest BCUT2D eigenvalue weighted by molar-refractivity contribution is 0.102. The molecule has 0 saturated heterocycles. The van der Waals surface area contributed by atoms with Crippen LogP contribution >= 0.6 is 11.3 Å². The van der Waals surface area contributed by atoms with E-state index in [0.29, 0.717) is 16.2 Å². The molecule has 94 valence electrons. The summed E-state index contributed by atoms with van der Waals surface area (Å²) < 4.78 is 13.9. The molecule has 19 heavy (non-hydrogen) atoms. The summed E-state index contributed by atoms with van der Waals surface area (Å²) >= 11 is 1.32. The van der Waals surface area contributed by atoms with E-state index < -0.39 is 0 Å². The fraction of sp³-hybridized carbons (Fsp3) is 0. The lowest BCUT2D eigenvalue weighted by atomic mass is 10.2. The molecule has 1 amide bonds. The van der Waals surface area contributed by atoms with Crippen LogP contribution in [0.25, 0.3) is 10.2 Å². The van der Waals surface area contributed by atoms with Crippen LogP contribution in [-0.4, -0.2) is 10.9 Å². The second-order valence-electron chi connectivity index (χ2n) is 3.95. The van der Waals surface area contributed by atoms with Crippen LogP contribution in [0.3, 0.4) is 0 Å². The van der Waals surface area contributed by atoms with Crippen LogP contribution in [0.2, 0.25) is 0 Å². The summed E-state index contributed by atoms with van der Waals surface area (Å²) in [6.07, 6.45) is 0. The number of aromatic nitrogens is 1. The van der Waals surface area contributed by atoms with E-state index in [-0.39, 0.29) is 11.7 Å². The molecule has 0 bridgehead atoms. The van der Waals surface area contributed by atoms with Gasteiger partial charge in [0.15, 0.2) is 5.13 Å². The average molecular weight is 272 g/mol. The molecular weight excluding hydrogens is 263 g/mol. The molecule has 0 saturated carbocycles. The molecule has 3 rings (SSSR count). The number of carbonyl (C=O) groups excluding carboxylic acids is 1. The zero-order valence-corrected chi connectivity index (χ0v) is 10.6. The number of halogens is 1. The minimum Gasteiger partial charge on any atom is -0.298 e. The van der Waals surface area contributed by atoms with Gasteiger partial charge in [0.2, 0.25) is 0 Å². The SMILES string of the molecule is O=C(Nc1nc2cc(F)ccc2s1)c1ccccc1. The standard InChI is InChI=1S/C14H9FN2OS/c15-10-6-7-12-11(8-10)16-14(19-12)17-13(18)9-4-2-1-3-5-9/h1-8H,(H,16,17,18). The fourth-order valence-electron chi connectivity index (χ4n) is 1.71. The summed E-state index contributed by atoms with van der Waals surface area (Å²) in [7, 11) is 0. The topological polar surface area (TPSA) is 42.0 Å². The van der Waals surface area contributed by atoms with Gasteiger partial charge in [-0.3, -0.25) is 10.1 Å². The summed E-state index contributed by atoms with van der Waals surface area (Å²) in [6.45, 7) is 0. The van der Waals surface area contributed by atoms with Crippen molar-refractivity contribution >= 4 is 32.6 Å². The van der Waals surface area contributed by atoms with Crippen LogP contribution in [0, 0.1) is 5.82 Å². The van der Waals surface area contributed by atoms with E-state index in [1.165, 1.54) is 23.5 Å². The Morgan fingerprint density at radius 3 is 2.74 bits per heavy atom. The predicted octanol–water partition coefficient (Wildman–Crippen LogP) is 3.69. The molecule has 0 aliphatic heterocycles. The molecule has 0 atom stereocenters. The van der Waals surface area contributed by atoms with Crippen molar-refractivity contribution in [2.24, 2.45) is 0 Å². The number of thiazole rings is 1. The maximum atomic E-state index is 13.1. The summed E-state index contributed by atoms with van der Waals surface area (Å²) in [5.74, 6) is -0.557. The fourth-order valence-corrected chi connectivity index (χ4v) is 2.55. The average Bonchev–Trinajstić information content (AvgIpc) is 2.81. The van der Waals surface area contributed by atoms with Gasteiger partial charge in [-0.15, -0.1) is 0 Å². The number of hydrogen-bond donors (Lipinski definition) is 1. The molecule has 5 heteroatoms. The molecule has 0 aliphatic carbocycles. The van der Waals surface area contributed by atoms with Gasteiger partial charge in [0.1, 0.15) is 5.82 Å². The second-order valence-corrected chi connectivity index (χ2v) is 4.98. The Morgan fingerprint density at radius 1 is 1.16 bits per heavy atom. The highest BCUT2D eigenvalue weighted by atomic mass is 32.1. The number of carbonyl (C=O) groups is 1. The van der Waals surface area contributed by atoms with Crippen molar-refractivity contribution in [2.45, 2.75) is 0 Å². The molecule has 0 unspecified atom stereocenters. The molecule has 3 nitrogen and oxygen atoms in total. The normalized spacial score (nSPS) is 10.6. The van der Waals surface area contributed by atoms with E-state index in [9.17, 15) is 9.18 Å². The second kappa shape index (κ2) is 4.78. The van der Waals surface area contributed by atoms with Gasteiger partial charge in [0.25, 0.3) is 5.91 Å². The van der Waals surface area contributed by atoms with E-state index >= 15 is 0 Å². The quantitative estimate of drug-likeness (QED) is 0.773. The maximum absolute atomic E-state index is 13.1. The summed E-state index contributed by atoms with van der Waals surface area (Å²) in [6, 6.07) is 13.3. The molecular formula is C14H9FN2OS. The van der Waals surface area contributed by atoms with Gasteiger partial charge >= 0.3 is 0 Å². The van der Waals surface area contributed by atoms with Crippen LogP contribution < -0.4 is 5.32 Å². The van der Waals surface area contributed by atoms with Crippen LogP contribution in [0.15, 0.2) is 48.5 Å². The summed E-state index contributed by atoms with van der Waals surface area (Å²) in [5.41, 5.74) is 1.11. The van der Waals surface area contributed by atoms with Crippen molar-refractivity contribution in [1.29, 1.82) is 0 Å². The van der Waals surface area contributed by atoms with Gasteiger partial charge < -0.3 is 0 Å². The third-order valence-electron chi connectivity index (χ3n) is 2.61. The highest BCUT2D eigenvalue weighted by Crippen LogP contribution is 2.26. The Labute approximate surface area is 112 Å². The van der Waals surface area contributed by atoms with Gasteiger partial charge in [-0.25, -0.2) is 9.37 Å². The van der Waals surface area contributed by atoms with Gasteiger partial charge in [-0.05, 0) is 24.3 Å². The summed E-state index contributed by atoms with van der Waals surface area (Å²) in [5, 5.41) is 3.18. The van der Waals surface area contributed by atoms with E-state index in [2.05, 4.69) is 10.3 Å². The lowest BCUT2D eigenvalue weighted by Crippen LogP contribution is -2.11. The van der Waals surface area contributed by atoms with Crippen LogP contribution in [-0.2, 0) is 0 Å². The molecule has 0 fully saturated rings. The first kappa shape index (κ1) is 11.8. The number of nitrogens with zero attached hydrogens (tertiary/aromatic N) is 1. The highest BCUT2D eigenvalue weighted by molar-refractivity contribution is 7.22. The van der Waals surface area contributed by atoms with Crippen molar-refractivity contribution in [2.75, 3.05) is 5.32 Å². The summed E-state index contributed by atoms with van der Waals surface area (Å²) in [4.78, 5) is 16.1. The largest absolute Gasteiger partial charge is 0.298 e. The first-order valence-electron chi connectivity index (χ1n) is 5.65. The van der Waals surface area contributed by atoms with E-state index in [4.69, 9.17) is 0 Å². The molecule has 0 aliphatic rings. The Morgan fingerprint density at radius 2 is 1.95 bits per heavy atom. The van der Waals surface area contributed by atoms with Gasteiger partial charge in [0, 0.05) is 11.6 Å². The number of hydrogen-bond acceptors (Lipinski definition) is 3. The molecule has 2 aromatic carbocycles. The van der Waals surface area contributed by atoms with E-state index in [0.717, 1.165) is 4.70 Å². The first-order valence-corrected chi connectivity index (χ1v) is 6.46. The molecule has 1 aromatic heterocycles. The number of nitrogens with one attached hydrogen (secondary N) is 1. The predicted molar refractivity (Wildman–Crippen MR) is 74.0 cm³/mol. The highest BCUT2D eigenvalue weighted by Gasteiger charge is 2.09. The van der Waals surface area contributed by atoms with Crippen LogP contribution in [0.5, 0.6) is 0 Å².